The number of phenols is 2. The van der Waals surface area contributed by atoms with Crippen molar-refractivity contribution < 1.29 is 24.5 Å². The van der Waals surface area contributed by atoms with Crippen LogP contribution >= 0.6 is 0 Å². The molecule has 1 heterocycles. The number of aliphatic hydroxyl groups is 1. The maximum atomic E-state index is 13.3. The van der Waals surface area contributed by atoms with Gasteiger partial charge in [0.05, 0.1) is 18.1 Å². The number of hydrogen-bond acceptors (Lipinski definition) is 4. The largest absolute Gasteiger partial charge is 0.508 e. The normalized spacial score (nSPS) is 18.1. The van der Waals surface area contributed by atoms with E-state index in [0.29, 0.717) is 24.0 Å². The van der Waals surface area contributed by atoms with Gasteiger partial charge in [-0.1, -0.05) is 54.6 Å². The van der Waals surface area contributed by atoms with Crippen LogP contribution in [0.15, 0.2) is 97.1 Å². The molecule has 0 aliphatic carbocycles. The van der Waals surface area contributed by atoms with Crippen LogP contribution in [0.1, 0.15) is 36.1 Å². The van der Waals surface area contributed by atoms with Gasteiger partial charge in [-0.3, -0.25) is 4.79 Å². The fourth-order valence-corrected chi connectivity index (χ4v) is 4.91. The van der Waals surface area contributed by atoms with E-state index in [9.17, 15) is 24.5 Å². The second-order valence-electron chi connectivity index (χ2n) is 9.06. The van der Waals surface area contributed by atoms with Crippen molar-refractivity contribution in [2.75, 3.05) is 4.90 Å². The number of benzene rings is 4. The van der Waals surface area contributed by atoms with Gasteiger partial charge in [-0.25, -0.2) is 4.39 Å². The molecule has 4 aromatic rings. The summed E-state index contributed by atoms with van der Waals surface area (Å²) in [6.07, 6.45) is -0.103. The molecule has 5 nitrogen and oxygen atoms in total. The fourth-order valence-electron chi connectivity index (χ4n) is 4.91. The highest BCUT2D eigenvalue weighted by molar-refractivity contribution is 6.03. The number of hydrogen-bond donors (Lipinski definition) is 3. The van der Waals surface area contributed by atoms with Crippen LogP contribution in [0.5, 0.6) is 11.5 Å². The highest BCUT2D eigenvalue weighted by Gasteiger charge is 2.49. The van der Waals surface area contributed by atoms with Gasteiger partial charge in [-0.2, -0.15) is 0 Å². The average Bonchev–Trinajstić information content (AvgIpc) is 2.88. The number of amides is 1. The zero-order valence-corrected chi connectivity index (χ0v) is 19.5. The first-order valence-corrected chi connectivity index (χ1v) is 11.9. The Bertz CT molecular complexity index is 1370. The minimum Gasteiger partial charge on any atom is -0.508 e. The van der Waals surface area contributed by atoms with Gasteiger partial charge < -0.3 is 20.2 Å². The van der Waals surface area contributed by atoms with Gasteiger partial charge in [0.15, 0.2) is 0 Å². The third-order valence-corrected chi connectivity index (χ3v) is 6.78. The van der Waals surface area contributed by atoms with Gasteiger partial charge in [0.1, 0.15) is 17.3 Å². The topological polar surface area (TPSA) is 81.0 Å². The molecular formula is C30H26FNO4. The fraction of sp³-hybridized carbons (Fsp3) is 0.167. The van der Waals surface area contributed by atoms with Crippen molar-refractivity contribution in [3.05, 3.63) is 114 Å². The Morgan fingerprint density at radius 2 is 1.56 bits per heavy atom. The summed E-state index contributed by atoms with van der Waals surface area (Å²) in [7, 11) is 0. The Morgan fingerprint density at radius 3 is 2.25 bits per heavy atom. The van der Waals surface area contributed by atoms with Gasteiger partial charge in [-0.05, 0) is 72.0 Å². The van der Waals surface area contributed by atoms with Crippen molar-refractivity contribution in [2.45, 2.75) is 25.0 Å². The molecule has 0 saturated carbocycles. The number of phenolic OH excluding ortho intramolecular Hbond substituents is 2. The summed E-state index contributed by atoms with van der Waals surface area (Å²) in [5.41, 5.74) is 3.45. The van der Waals surface area contributed by atoms with Gasteiger partial charge in [0, 0.05) is 11.3 Å². The van der Waals surface area contributed by atoms with Crippen LogP contribution in [-0.2, 0) is 4.79 Å². The van der Waals surface area contributed by atoms with Crippen LogP contribution in [0.4, 0.5) is 10.1 Å². The number of aliphatic hydroxyl groups excluding tert-OH is 1. The molecule has 1 fully saturated rings. The molecule has 1 unspecified atom stereocenters. The summed E-state index contributed by atoms with van der Waals surface area (Å²) in [5.74, 6) is -0.691. The molecule has 0 spiro atoms. The van der Waals surface area contributed by atoms with Crippen LogP contribution < -0.4 is 4.90 Å². The summed E-state index contributed by atoms with van der Waals surface area (Å²) in [4.78, 5) is 14.9. The van der Waals surface area contributed by atoms with Gasteiger partial charge >= 0.3 is 0 Å². The molecule has 1 aliphatic heterocycles. The number of β-lactam (4-membered cyclic amide) rings is 1. The minimum atomic E-state index is -0.827. The Kier molecular flexibility index (Phi) is 6.44. The maximum absolute atomic E-state index is 13.3. The van der Waals surface area contributed by atoms with Crippen molar-refractivity contribution in [3.8, 4) is 22.6 Å². The Balaban J connectivity index is 1.43. The van der Waals surface area contributed by atoms with Gasteiger partial charge in [-0.15, -0.1) is 0 Å². The van der Waals surface area contributed by atoms with E-state index in [1.165, 1.54) is 12.1 Å². The van der Waals surface area contributed by atoms with Crippen molar-refractivity contribution in [2.24, 2.45) is 5.92 Å². The summed E-state index contributed by atoms with van der Waals surface area (Å²) in [5, 5.41) is 31.5. The van der Waals surface area contributed by atoms with E-state index in [0.717, 1.165) is 16.8 Å². The second kappa shape index (κ2) is 9.84. The van der Waals surface area contributed by atoms with E-state index in [2.05, 4.69) is 0 Å². The van der Waals surface area contributed by atoms with E-state index in [1.54, 1.807) is 41.3 Å². The molecule has 1 saturated heterocycles. The molecule has 6 heteroatoms. The summed E-state index contributed by atoms with van der Waals surface area (Å²) >= 11 is 0. The van der Waals surface area contributed by atoms with Crippen LogP contribution in [-0.4, -0.2) is 21.2 Å². The Hall–Kier alpha value is -4.16. The average molecular weight is 484 g/mol. The first kappa shape index (κ1) is 23.6. The molecule has 3 atom stereocenters. The Labute approximate surface area is 208 Å². The molecular weight excluding hydrogens is 457 g/mol. The maximum Gasteiger partial charge on any atom is 0.233 e. The number of nitrogens with zero attached hydrogens (tertiary/aromatic N) is 1. The molecule has 182 valence electrons. The lowest BCUT2D eigenvalue weighted by molar-refractivity contribution is -0.131. The van der Waals surface area contributed by atoms with Crippen LogP contribution in [0.3, 0.4) is 0 Å². The van der Waals surface area contributed by atoms with Crippen molar-refractivity contribution in [3.63, 3.8) is 0 Å². The summed E-state index contributed by atoms with van der Waals surface area (Å²) in [6.45, 7) is 0. The lowest BCUT2D eigenvalue weighted by atomic mass is 9.77. The highest BCUT2D eigenvalue weighted by atomic mass is 19.1. The highest BCUT2D eigenvalue weighted by Crippen LogP contribution is 2.49. The minimum absolute atomic E-state index is 0.0540. The van der Waals surface area contributed by atoms with E-state index < -0.39 is 18.1 Å². The zero-order chi connectivity index (χ0) is 25.2. The molecule has 3 N–H and O–H groups in total. The summed E-state index contributed by atoms with van der Waals surface area (Å²) < 4.78 is 13.2. The number of carbonyl (C=O) groups excluding carboxylic acids is 1. The molecule has 1 aliphatic rings. The van der Waals surface area contributed by atoms with E-state index in [-0.39, 0.29) is 23.2 Å². The van der Waals surface area contributed by atoms with Crippen molar-refractivity contribution in [1.29, 1.82) is 0 Å². The third-order valence-electron chi connectivity index (χ3n) is 6.78. The van der Waals surface area contributed by atoms with E-state index in [4.69, 9.17) is 0 Å². The number of carbonyl (C=O) groups is 1. The molecule has 0 bridgehead atoms. The first-order valence-electron chi connectivity index (χ1n) is 11.9. The smallest absolute Gasteiger partial charge is 0.233 e. The predicted octanol–water partition coefficient (Wildman–Crippen LogP) is 6.12. The van der Waals surface area contributed by atoms with Crippen molar-refractivity contribution in [1.82, 2.24) is 0 Å². The second-order valence-corrected chi connectivity index (χ2v) is 9.06. The number of halogens is 1. The quantitative estimate of drug-likeness (QED) is 0.277. The third kappa shape index (κ3) is 4.55. The lowest BCUT2D eigenvalue weighted by Crippen LogP contribution is -2.55. The number of rotatable bonds is 7. The Morgan fingerprint density at radius 1 is 0.833 bits per heavy atom. The van der Waals surface area contributed by atoms with Crippen molar-refractivity contribution >= 4 is 11.6 Å². The van der Waals surface area contributed by atoms with E-state index >= 15 is 0 Å². The van der Waals surface area contributed by atoms with Crippen LogP contribution in [0, 0.1) is 11.7 Å². The van der Waals surface area contributed by atoms with Gasteiger partial charge in [0.2, 0.25) is 5.91 Å². The number of anilines is 1. The standard InChI is InChI=1S/C30H26FNO4/c31-22-12-9-19(10-13-22)27(34)16-15-26-29(32(30(26)36)23-6-2-1-3-7-23)25-14-11-21(18-28(25)35)20-5-4-8-24(33)17-20/h1-14,17-18,26-27,29,33-35H,15-16H2/t26-,27?,29-/m1/s1. The van der Waals surface area contributed by atoms with Crippen LogP contribution in [0.2, 0.25) is 0 Å². The molecule has 5 rings (SSSR count). The molecule has 1 amide bonds. The molecule has 0 radical (unpaired) electrons. The molecule has 36 heavy (non-hydrogen) atoms. The predicted molar refractivity (Wildman–Crippen MR) is 136 cm³/mol. The number of aromatic hydroxyl groups is 2. The zero-order valence-electron chi connectivity index (χ0n) is 19.5. The number of para-hydroxylation sites is 1. The lowest BCUT2D eigenvalue weighted by Gasteiger charge is -2.48. The monoisotopic (exact) mass is 483 g/mol. The molecule has 4 aromatic carbocycles. The first-order chi connectivity index (χ1) is 17.4. The van der Waals surface area contributed by atoms with Gasteiger partial charge in [0.25, 0.3) is 0 Å². The SMILES string of the molecule is O=C1[C@H](CCC(O)c2ccc(F)cc2)[C@@H](c2ccc(-c3cccc(O)c3)cc2O)N1c1ccccc1. The van der Waals surface area contributed by atoms with Crippen LogP contribution in [0.25, 0.3) is 11.1 Å². The molecule has 0 aromatic heterocycles. The summed E-state index contributed by atoms with van der Waals surface area (Å²) in [6, 6.07) is 26.7. The van der Waals surface area contributed by atoms with E-state index in [1.807, 2.05) is 48.5 Å².